The molecule has 6 nitrogen and oxygen atoms in total. The molecule has 0 radical (unpaired) electrons. The maximum absolute atomic E-state index is 11.4. The van der Waals surface area contributed by atoms with Gasteiger partial charge < -0.3 is 15.8 Å². The Labute approximate surface area is 82.0 Å². The highest BCUT2D eigenvalue weighted by Gasteiger charge is 2.14. The van der Waals surface area contributed by atoms with Gasteiger partial charge in [0.1, 0.15) is 5.69 Å². The Morgan fingerprint density at radius 2 is 2.50 bits per heavy atom. The number of nitrogen functional groups attached to an aromatic ring is 1. The number of nitrogens with zero attached hydrogens (tertiary/aromatic N) is 2. The highest BCUT2D eigenvalue weighted by atomic mass is 16.5. The van der Waals surface area contributed by atoms with E-state index in [-0.39, 0.29) is 5.91 Å². The van der Waals surface area contributed by atoms with Crippen LogP contribution in [0.1, 0.15) is 10.5 Å². The quantitative estimate of drug-likeness (QED) is 0.681. The summed E-state index contributed by atoms with van der Waals surface area (Å²) in [5, 5.41) is 6.48. The van der Waals surface area contributed by atoms with E-state index in [0.29, 0.717) is 24.5 Å². The van der Waals surface area contributed by atoms with Gasteiger partial charge in [0, 0.05) is 14.2 Å². The van der Waals surface area contributed by atoms with Crippen LogP contribution in [0, 0.1) is 0 Å². The molecule has 0 atom stereocenters. The summed E-state index contributed by atoms with van der Waals surface area (Å²) in [5.41, 5.74) is 6.36. The highest BCUT2D eigenvalue weighted by Crippen LogP contribution is 2.09. The van der Waals surface area contributed by atoms with Crippen molar-refractivity contribution in [2.24, 2.45) is 0 Å². The fourth-order valence-electron chi connectivity index (χ4n) is 1.11. The van der Waals surface area contributed by atoms with Crippen molar-refractivity contribution in [1.82, 2.24) is 15.1 Å². The predicted molar refractivity (Wildman–Crippen MR) is 51.9 cm³/mol. The van der Waals surface area contributed by atoms with Crippen molar-refractivity contribution in [2.75, 3.05) is 26.5 Å². The molecular weight excluding hydrogens is 184 g/mol. The second-order valence-electron chi connectivity index (χ2n) is 2.74. The van der Waals surface area contributed by atoms with Crippen molar-refractivity contribution in [1.29, 1.82) is 0 Å². The Balaban J connectivity index is 2.88. The number of nitrogens with two attached hydrogens (primary N) is 1. The van der Waals surface area contributed by atoms with Crippen LogP contribution in [-0.4, -0.2) is 36.5 Å². The first-order chi connectivity index (χ1) is 6.70. The average molecular weight is 198 g/mol. The van der Waals surface area contributed by atoms with Gasteiger partial charge in [-0.15, -0.1) is 0 Å². The third-order valence-electron chi connectivity index (χ3n) is 1.82. The topological polar surface area (TPSA) is 82.2 Å². The number of ether oxygens (including phenoxy) is 1. The minimum absolute atomic E-state index is 0.240. The summed E-state index contributed by atoms with van der Waals surface area (Å²) in [6.07, 6.45) is 1.46. The molecule has 3 N–H and O–H groups in total. The molecule has 78 valence electrons. The third-order valence-corrected chi connectivity index (χ3v) is 1.82. The Kier molecular flexibility index (Phi) is 3.47. The van der Waals surface area contributed by atoms with Gasteiger partial charge in [0.2, 0.25) is 0 Å². The number of amides is 1. The van der Waals surface area contributed by atoms with Gasteiger partial charge in [-0.25, -0.2) is 0 Å². The number of methoxy groups -OCH3 is 1. The normalized spacial score (nSPS) is 10.1. The van der Waals surface area contributed by atoms with Crippen LogP contribution in [0.15, 0.2) is 6.20 Å². The molecule has 1 aromatic heterocycles. The van der Waals surface area contributed by atoms with Gasteiger partial charge in [0.25, 0.3) is 5.91 Å². The van der Waals surface area contributed by atoms with Crippen LogP contribution in [0.2, 0.25) is 0 Å². The van der Waals surface area contributed by atoms with E-state index in [4.69, 9.17) is 10.5 Å². The number of anilines is 1. The molecule has 14 heavy (non-hydrogen) atoms. The second-order valence-corrected chi connectivity index (χ2v) is 2.74. The molecule has 0 unspecified atom stereocenters. The first kappa shape index (κ1) is 10.5. The first-order valence-corrected chi connectivity index (χ1v) is 4.23. The third kappa shape index (κ3) is 2.02. The Bertz CT molecular complexity index is 321. The molecule has 0 aliphatic rings. The minimum Gasteiger partial charge on any atom is -0.396 e. The number of hydrogen-bond donors (Lipinski definition) is 2. The van der Waals surface area contributed by atoms with Crippen LogP contribution >= 0.6 is 0 Å². The number of aromatic nitrogens is 2. The SMILES string of the molecule is CNC(=O)c1c(N)cnn1CCOC. The van der Waals surface area contributed by atoms with E-state index >= 15 is 0 Å². The average Bonchev–Trinajstić information content (AvgIpc) is 2.55. The fraction of sp³-hybridized carbons (Fsp3) is 0.500. The molecule has 1 rings (SSSR count). The van der Waals surface area contributed by atoms with Crippen molar-refractivity contribution in [2.45, 2.75) is 6.54 Å². The number of carbonyl (C=O) groups excluding carboxylic acids is 1. The van der Waals surface area contributed by atoms with Crippen LogP contribution in [-0.2, 0) is 11.3 Å². The van der Waals surface area contributed by atoms with Gasteiger partial charge in [-0.1, -0.05) is 0 Å². The minimum atomic E-state index is -0.240. The van der Waals surface area contributed by atoms with Gasteiger partial charge >= 0.3 is 0 Å². The smallest absolute Gasteiger partial charge is 0.271 e. The zero-order chi connectivity index (χ0) is 10.6. The molecule has 0 bridgehead atoms. The van der Waals surface area contributed by atoms with E-state index in [1.165, 1.54) is 10.9 Å². The van der Waals surface area contributed by atoms with Crippen LogP contribution in [0.4, 0.5) is 5.69 Å². The summed E-state index contributed by atoms with van der Waals surface area (Å²) >= 11 is 0. The lowest BCUT2D eigenvalue weighted by atomic mass is 10.3. The molecule has 1 amide bonds. The maximum atomic E-state index is 11.4. The Hall–Kier alpha value is -1.56. The molecule has 0 spiro atoms. The zero-order valence-corrected chi connectivity index (χ0v) is 8.28. The molecular formula is C8H14N4O2. The first-order valence-electron chi connectivity index (χ1n) is 4.23. The summed E-state index contributed by atoms with van der Waals surface area (Å²) < 4.78 is 6.42. The number of hydrogen-bond acceptors (Lipinski definition) is 4. The molecule has 0 aromatic carbocycles. The number of rotatable bonds is 4. The molecule has 0 fully saturated rings. The van der Waals surface area contributed by atoms with Crippen LogP contribution in [0.25, 0.3) is 0 Å². The van der Waals surface area contributed by atoms with E-state index in [9.17, 15) is 4.79 Å². The lowest BCUT2D eigenvalue weighted by molar-refractivity contribution is 0.0950. The van der Waals surface area contributed by atoms with Crippen molar-refractivity contribution < 1.29 is 9.53 Å². The van der Waals surface area contributed by atoms with E-state index in [1.807, 2.05) is 0 Å². The number of carbonyl (C=O) groups is 1. The van der Waals surface area contributed by atoms with E-state index in [0.717, 1.165) is 0 Å². The molecule has 1 aromatic rings. The predicted octanol–water partition coefficient (Wildman–Crippen LogP) is -0.529. The molecule has 1 heterocycles. The molecule has 0 saturated carbocycles. The molecule has 0 aliphatic carbocycles. The second kappa shape index (κ2) is 4.61. The largest absolute Gasteiger partial charge is 0.396 e. The van der Waals surface area contributed by atoms with Gasteiger partial charge in [0.05, 0.1) is 25.0 Å². The van der Waals surface area contributed by atoms with Gasteiger partial charge in [-0.05, 0) is 0 Å². The van der Waals surface area contributed by atoms with E-state index < -0.39 is 0 Å². The van der Waals surface area contributed by atoms with Crippen molar-refractivity contribution in [3.05, 3.63) is 11.9 Å². The summed E-state index contributed by atoms with van der Waals surface area (Å²) in [4.78, 5) is 11.4. The van der Waals surface area contributed by atoms with Crippen molar-refractivity contribution in [3.8, 4) is 0 Å². The summed E-state index contributed by atoms with van der Waals surface area (Å²) in [7, 11) is 3.14. The van der Waals surface area contributed by atoms with Crippen LogP contribution < -0.4 is 11.1 Å². The summed E-state index contributed by atoms with van der Waals surface area (Å²) in [6, 6.07) is 0. The molecule has 0 aliphatic heterocycles. The summed E-state index contributed by atoms with van der Waals surface area (Å²) in [6.45, 7) is 1.00. The van der Waals surface area contributed by atoms with Gasteiger partial charge in [-0.3, -0.25) is 9.48 Å². The maximum Gasteiger partial charge on any atom is 0.271 e. The standard InChI is InChI=1S/C8H14N4O2/c1-10-8(13)7-6(9)5-11-12(7)3-4-14-2/h5H,3-4,9H2,1-2H3,(H,10,13). The number of nitrogens with one attached hydrogen (secondary N) is 1. The van der Waals surface area contributed by atoms with Gasteiger partial charge in [0.15, 0.2) is 0 Å². The van der Waals surface area contributed by atoms with E-state index in [1.54, 1.807) is 14.2 Å². The van der Waals surface area contributed by atoms with Crippen molar-refractivity contribution in [3.63, 3.8) is 0 Å². The molecule has 6 heteroatoms. The van der Waals surface area contributed by atoms with Crippen molar-refractivity contribution >= 4 is 11.6 Å². The van der Waals surface area contributed by atoms with E-state index in [2.05, 4.69) is 10.4 Å². The molecule has 0 saturated heterocycles. The van der Waals surface area contributed by atoms with Crippen LogP contribution in [0.3, 0.4) is 0 Å². The van der Waals surface area contributed by atoms with Crippen LogP contribution in [0.5, 0.6) is 0 Å². The fourth-order valence-corrected chi connectivity index (χ4v) is 1.11. The van der Waals surface area contributed by atoms with Gasteiger partial charge in [-0.2, -0.15) is 5.10 Å². The zero-order valence-electron chi connectivity index (χ0n) is 8.28. The highest BCUT2D eigenvalue weighted by molar-refractivity contribution is 5.97. The monoisotopic (exact) mass is 198 g/mol. The Morgan fingerprint density at radius 3 is 3.07 bits per heavy atom. The summed E-state index contributed by atoms with van der Waals surface area (Å²) in [5.74, 6) is -0.240. The Morgan fingerprint density at radius 1 is 1.79 bits per heavy atom. The lowest BCUT2D eigenvalue weighted by Gasteiger charge is -2.05. The lowest BCUT2D eigenvalue weighted by Crippen LogP contribution is -2.24.